The maximum absolute atomic E-state index is 5.92. The van der Waals surface area contributed by atoms with E-state index in [1.807, 2.05) is 42.5 Å². The Morgan fingerprint density at radius 3 is 2.77 bits per heavy atom. The van der Waals surface area contributed by atoms with Gasteiger partial charge in [0.05, 0.1) is 22.1 Å². The average molecular weight is 473 g/mol. The Morgan fingerprint density at radius 2 is 2.05 bits per heavy atom. The molecule has 0 spiro atoms. The average Bonchev–Trinajstić information content (AvgIpc) is 2.51. The molecule has 0 aliphatic carbocycles. The van der Waals surface area contributed by atoms with Crippen LogP contribution >= 0.6 is 38.5 Å². The highest BCUT2D eigenvalue weighted by Crippen LogP contribution is 2.29. The Morgan fingerprint density at radius 1 is 1.27 bits per heavy atom. The van der Waals surface area contributed by atoms with Crippen LogP contribution < -0.4 is 10.2 Å². The zero-order chi connectivity index (χ0) is 15.8. The van der Waals surface area contributed by atoms with Crippen LogP contribution in [0.3, 0.4) is 0 Å². The van der Waals surface area contributed by atoms with E-state index in [0.717, 1.165) is 44.5 Å². The smallest absolute Gasteiger partial charge is 0.141 e. The molecule has 0 saturated carbocycles. The summed E-state index contributed by atoms with van der Waals surface area (Å²) in [5, 5.41) is 4.30. The summed E-state index contributed by atoms with van der Waals surface area (Å²) >= 11 is 5.81. The van der Waals surface area contributed by atoms with Crippen molar-refractivity contribution in [2.24, 2.45) is 5.10 Å². The van der Waals surface area contributed by atoms with Crippen LogP contribution in [0.25, 0.3) is 0 Å². The van der Waals surface area contributed by atoms with E-state index < -0.39 is 0 Å². The number of halogens is 2. The second-order valence-electron chi connectivity index (χ2n) is 4.74. The van der Waals surface area contributed by atoms with E-state index in [0.29, 0.717) is 0 Å². The van der Waals surface area contributed by atoms with Crippen molar-refractivity contribution < 1.29 is 4.74 Å². The van der Waals surface area contributed by atoms with Crippen LogP contribution in [0.1, 0.15) is 25.3 Å². The largest absolute Gasteiger partial charge is 0.492 e. The Bertz CT molecular complexity index is 632. The number of rotatable bonds is 7. The highest BCUT2D eigenvalue weighted by atomic mass is 127. The van der Waals surface area contributed by atoms with E-state index in [9.17, 15) is 0 Å². The molecule has 0 heterocycles. The molecule has 0 bridgehead atoms. The fourth-order valence-electron chi connectivity index (χ4n) is 1.84. The quantitative estimate of drug-likeness (QED) is 0.243. The molecule has 0 aliphatic rings. The molecule has 0 saturated heterocycles. The first-order chi connectivity index (χ1) is 10.7. The number of para-hydroxylation sites is 1. The lowest BCUT2D eigenvalue weighted by Gasteiger charge is -2.11. The molecule has 3 nitrogen and oxygen atoms in total. The first-order valence-corrected chi connectivity index (χ1v) is 9.04. The number of unbranched alkanes of at least 4 members (excludes halogenated alkanes) is 1. The number of hydrogen-bond donors (Lipinski definition) is 1. The van der Waals surface area contributed by atoms with Crippen LogP contribution in [-0.2, 0) is 0 Å². The van der Waals surface area contributed by atoms with E-state index in [4.69, 9.17) is 4.74 Å². The van der Waals surface area contributed by atoms with Crippen molar-refractivity contribution in [3.05, 3.63) is 56.1 Å². The summed E-state index contributed by atoms with van der Waals surface area (Å²) in [6, 6.07) is 13.9. The minimum Gasteiger partial charge on any atom is -0.492 e. The number of hydrogen-bond acceptors (Lipinski definition) is 3. The molecule has 116 valence electrons. The summed E-state index contributed by atoms with van der Waals surface area (Å²) in [5.41, 5.74) is 4.93. The lowest BCUT2D eigenvalue weighted by atomic mass is 10.2. The van der Waals surface area contributed by atoms with Crippen molar-refractivity contribution in [2.45, 2.75) is 19.8 Å². The third kappa shape index (κ3) is 5.28. The summed E-state index contributed by atoms with van der Waals surface area (Å²) < 4.78 is 8.01. The fourth-order valence-corrected chi connectivity index (χ4v) is 3.54. The lowest BCUT2D eigenvalue weighted by molar-refractivity contribution is 0.307. The van der Waals surface area contributed by atoms with Crippen molar-refractivity contribution in [1.29, 1.82) is 0 Å². The highest BCUT2D eigenvalue weighted by molar-refractivity contribution is 14.1. The summed E-state index contributed by atoms with van der Waals surface area (Å²) in [7, 11) is 0. The van der Waals surface area contributed by atoms with Crippen LogP contribution in [0.4, 0.5) is 5.69 Å². The first-order valence-electron chi connectivity index (χ1n) is 7.16. The minimum absolute atomic E-state index is 0.723. The Hall–Kier alpha value is -1.08. The molecule has 2 rings (SSSR count). The van der Waals surface area contributed by atoms with Crippen molar-refractivity contribution >= 4 is 50.4 Å². The molecule has 0 aromatic heterocycles. The van der Waals surface area contributed by atoms with E-state index in [1.165, 1.54) is 0 Å². The van der Waals surface area contributed by atoms with E-state index >= 15 is 0 Å². The Labute approximate surface area is 153 Å². The van der Waals surface area contributed by atoms with E-state index in [1.54, 1.807) is 6.21 Å². The number of anilines is 1. The highest BCUT2D eigenvalue weighted by Gasteiger charge is 2.08. The van der Waals surface area contributed by atoms with Crippen LogP contribution in [0.2, 0.25) is 0 Å². The lowest BCUT2D eigenvalue weighted by Crippen LogP contribution is -2.02. The van der Waals surface area contributed by atoms with Gasteiger partial charge in [-0.2, -0.15) is 5.10 Å². The first kappa shape index (κ1) is 17.3. The molecule has 0 atom stereocenters. The SMILES string of the molecule is CCCCOc1c(I)cc(Br)cc1C=NNc1ccccc1. The molecular weight excluding hydrogens is 455 g/mol. The van der Waals surface area contributed by atoms with Gasteiger partial charge >= 0.3 is 0 Å². The van der Waals surface area contributed by atoms with Crippen molar-refractivity contribution in [1.82, 2.24) is 0 Å². The monoisotopic (exact) mass is 472 g/mol. The third-order valence-corrected chi connectivity index (χ3v) is 4.21. The van der Waals surface area contributed by atoms with Gasteiger partial charge in [-0.3, -0.25) is 5.43 Å². The number of benzene rings is 2. The molecule has 0 amide bonds. The van der Waals surface area contributed by atoms with E-state index in [-0.39, 0.29) is 0 Å². The van der Waals surface area contributed by atoms with Crippen LogP contribution in [0, 0.1) is 3.57 Å². The topological polar surface area (TPSA) is 33.6 Å². The number of hydrazone groups is 1. The zero-order valence-electron chi connectivity index (χ0n) is 12.4. The van der Waals surface area contributed by atoms with Gasteiger partial charge in [-0.15, -0.1) is 0 Å². The molecule has 22 heavy (non-hydrogen) atoms. The summed E-state index contributed by atoms with van der Waals surface area (Å²) in [5.74, 6) is 0.885. The van der Waals surface area contributed by atoms with Gasteiger partial charge < -0.3 is 4.74 Å². The molecule has 0 radical (unpaired) electrons. The van der Waals surface area contributed by atoms with Crippen LogP contribution in [0.15, 0.2) is 52.0 Å². The zero-order valence-corrected chi connectivity index (χ0v) is 16.1. The number of ether oxygens (including phenoxy) is 1. The Balaban J connectivity index is 2.14. The van der Waals surface area contributed by atoms with Crippen molar-refractivity contribution in [3.63, 3.8) is 0 Å². The maximum Gasteiger partial charge on any atom is 0.141 e. The molecule has 2 aromatic rings. The van der Waals surface area contributed by atoms with Gasteiger partial charge in [-0.05, 0) is 53.3 Å². The summed E-state index contributed by atoms with van der Waals surface area (Å²) in [4.78, 5) is 0. The predicted octanol–water partition coefficient (Wildman–Crippen LogP) is 5.68. The standard InChI is InChI=1S/C17H18BrIN2O/c1-2-3-9-22-17-13(10-14(18)11-16(17)19)12-20-21-15-7-5-4-6-8-15/h4-8,10-12,21H,2-3,9H2,1H3. The maximum atomic E-state index is 5.92. The summed E-state index contributed by atoms with van der Waals surface area (Å²) in [6.45, 7) is 2.88. The van der Waals surface area contributed by atoms with Crippen LogP contribution in [-0.4, -0.2) is 12.8 Å². The molecule has 0 unspecified atom stereocenters. The van der Waals surface area contributed by atoms with Gasteiger partial charge in [0.15, 0.2) is 0 Å². The third-order valence-electron chi connectivity index (χ3n) is 2.95. The molecule has 0 fully saturated rings. The predicted molar refractivity (Wildman–Crippen MR) is 105 cm³/mol. The fraction of sp³-hybridized carbons (Fsp3) is 0.235. The van der Waals surface area contributed by atoms with E-state index in [2.05, 4.69) is 56.0 Å². The second kappa shape index (κ2) is 9.15. The molecule has 0 aliphatic heterocycles. The second-order valence-corrected chi connectivity index (χ2v) is 6.82. The number of nitrogens with zero attached hydrogens (tertiary/aromatic N) is 1. The van der Waals surface area contributed by atoms with Crippen molar-refractivity contribution in [2.75, 3.05) is 12.0 Å². The van der Waals surface area contributed by atoms with Gasteiger partial charge in [0.1, 0.15) is 5.75 Å². The van der Waals surface area contributed by atoms with Gasteiger partial charge in [0.25, 0.3) is 0 Å². The van der Waals surface area contributed by atoms with Gasteiger partial charge in [0, 0.05) is 10.0 Å². The molecule has 1 N–H and O–H groups in total. The minimum atomic E-state index is 0.723. The molecular formula is C17H18BrIN2O. The Kier molecular flexibility index (Phi) is 7.18. The van der Waals surface area contributed by atoms with Gasteiger partial charge in [-0.1, -0.05) is 47.5 Å². The summed E-state index contributed by atoms with van der Waals surface area (Å²) in [6.07, 6.45) is 3.96. The van der Waals surface area contributed by atoms with Gasteiger partial charge in [-0.25, -0.2) is 0 Å². The van der Waals surface area contributed by atoms with Crippen molar-refractivity contribution in [3.8, 4) is 5.75 Å². The van der Waals surface area contributed by atoms with Gasteiger partial charge in [0.2, 0.25) is 0 Å². The number of nitrogens with one attached hydrogen (secondary N) is 1. The molecule has 2 aromatic carbocycles. The van der Waals surface area contributed by atoms with Crippen LogP contribution in [0.5, 0.6) is 5.75 Å². The normalized spacial score (nSPS) is 10.9. The molecule has 5 heteroatoms.